The lowest BCUT2D eigenvalue weighted by Crippen LogP contribution is -2.26. The van der Waals surface area contributed by atoms with Crippen LogP contribution in [0.1, 0.15) is 72.3 Å². The highest BCUT2D eigenvalue weighted by atomic mass is 16.4. The van der Waals surface area contributed by atoms with Gasteiger partial charge in [-0.15, -0.1) is 0 Å². The van der Waals surface area contributed by atoms with E-state index < -0.39 is 5.91 Å². The molecule has 0 radical (unpaired) electrons. The Bertz CT molecular complexity index is 940. The van der Waals surface area contributed by atoms with Crippen LogP contribution in [0.3, 0.4) is 0 Å². The molecule has 6 heteroatoms. The molecular formula is C22H26N2O4. The minimum absolute atomic E-state index is 0.0205. The lowest BCUT2D eigenvalue weighted by Gasteiger charge is -2.27. The van der Waals surface area contributed by atoms with Gasteiger partial charge in [-0.1, -0.05) is 26.8 Å². The molecule has 1 aromatic heterocycles. The highest BCUT2D eigenvalue weighted by Gasteiger charge is 2.37. The lowest BCUT2D eigenvalue weighted by molar-refractivity contribution is -0.116. The molecule has 1 heterocycles. The maximum atomic E-state index is 12.8. The van der Waals surface area contributed by atoms with Gasteiger partial charge in [0.25, 0.3) is 5.91 Å². The molecule has 2 N–H and O–H groups in total. The van der Waals surface area contributed by atoms with Gasteiger partial charge in [0.1, 0.15) is 5.76 Å². The Kier molecular flexibility index (Phi) is 5.40. The second-order valence-electron chi connectivity index (χ2n) is 8.13. The van der Waals surface area contributed by atoms with E-state index >= 15 is 0 Å². The second-order valence-corrected chi connectivity index (χ2v) is 8.13. The first kappa shape index (κ1) is 19.9. The maximum Gasteiger partial charge on any atom is 0.291 e. The highest BCUT2D eigenvalue weighted by molar-refractivity contribution is 6.08. The topological polar surface area (TPSA) is 88.4 Å². The number of Topliss-reactive ketones (excluding diaryl/α,β-unsaturated/α-hetero) is 1. The van der Waals surface area contributed by atoms with Gasteiger partial charge in [0.05, 0.1) is 5.56 Å². The van der Waals surface area contributed by atoms with Gasteiger partial charge in [0.2, 0.25) is 5.91 Å². The first-order valence-corrected chi connectivity index (χ1v) is 9.57. The number of hydrogen-bond donors (Lipinski definition) is 2. The third kappa shape index (κ3) is 4.16. The van der Waals surface area contributed by atoms with Crippen molar-refractivity contribution in [3.63, 3.8) is 0 Å². The number of carbonyl (C=O) groups excluding carboxylic acids is 3. The number of furan rings is 1. The van der Waals surface area contributed by atoms with Crippen LogP contribution in [0.15, 0.2) is 28.7 Å². The van der Waals surface area contributed by atoms with Gasteiger partial charge in [-0.2, -0.15) is 0 Å². The number of hydrogen-bond acceptors (Lipinski definition) is 4. The predicted octanol–water partition coefficient (Wildman–Crippen LogP) is 4.73. The van der Waals surface area contributed by atoms with Crippen LogP contribution in [0.5, 0.6) is 0 Å². The molecule has 1 aromatic carbocycles. The van der Waals surface area contributed by atoms with Crippen molar-refractivity contribution >= 4 is 29.0 Å². The molecule has 0 atom stereocenters. The highest BCUT2D eigenvalue weighted by Crippen LogP contribution is 2.38. The number of benzene rings is 1. The van der Waals surface area contributed by atoms with Gasteiger partial charge in [0, 0.05) is 36.2 Å². The Balaban J connectivity index is 1.79. The standard InChI is InChI=1S/C22H26N2O4/c1-5-7-18(26)23-14-8-6-9-15(10-14)24-21(27)20-13(2)19-16(25)11-22(3,4)12-17(19)28-20/h6,8-10H,5,7,11-12H2,1-4H3,(H,23,26)(H,24,27). The average Bonchev–Trinajstić information content (AvgIpc) is 2.90. The van der Waals surface area contributed by atoms with Crippen LogP contribution in [-0.4, -0.2) is 17.6 Å². The van der Waals surface area contributed by atoms with E-state index in [1.54, 1.807) is 31.2 Å². The van der Waals surface area contributed by atoms with E-state index in [2.05, 4.69) is 10.6 Å². The molecule has 0 spiro atoms. The van der Waals surface area contributed by atoms with E-state index in [1.165, 1.54) is 0 Å². The molecule has 6 nitrogen and oxygen atoms in total. The van der Waals surface area contributed by atoms with Crippen molar-refractivity contribution in [2.75, 3.05) is 10.6 Å². The third-order valence-corrected chi connectivity index (χ3v) is 4.86. The molecule has 0 unspecified atom stereocenters. The molecule has 0 fully saturated rings. The van der Waals surface area contributed by atoms with Crippen molar-refractivity contribution in [1.82, 2.24) is 0 Å². The predicted molar refractivity (Wildman–Crippen MR) is 108 cm³/mol. The van der Waals surface area contributed by atoms with Crippen LogP contribution in [0.2, 0.25) is 0 Å². The summed E-state index contributed by atoms with van der Waals surface area (Å²) in [6.45, 7) is 7.72. The quantitative estimate of drug-likeness (QED) is 0.782. The van der Waals surface area contributed by atoms with Gasteiger partial charge >= 0.3 is 0 Å². The second kappa shape index (κ2) is 7.62. The van der Waals surface area contributed by atoms with E-state index in [0.717, 1.165) is 6.42 Å². The molecular weight excluding hydrogens is 356 g/mol. The van der Waals surface area contributed by atoms with E-state index in [1.807, 2.05) is 20.8 Å². The SMILES string of the molecule is CCCC(=O)Nc1cccc(NC(=O)c2oc3c(c2C)C(=O)CC(C)(C)C3)c1. The average molecular weight is 382 g/mol. The van der Waals surface area contributed by atoms with Crippen molar-refractivity contribution in [2.45, 2.75) is 53.4 Å². The molecule has 0 saturated heterocycles. The minimum Gasteiger partial charge on any atom is -0.455 e. The lowest BCUT2D eigenvalue weighted by atomic mass is 9.76. The Morgan fingerprint density at radius 1 is 1.14 bits per heavy atom. The summed E-state index contributed by atoms with van der Waals surface area (Å²) in [6.07, 6.45) is 2.28. The van der Waals surface area contributed by atoms with Gasteiger partial charge < -0.3 is 15.1 Å². The molecule has 0 aliphatic heterocycles. The van der Waals surface area contributed by atoms with Crippen molar-refractivity contribution in [2.24, 2.45) is 5.41 Å². The van der Waals surface area contributed by atoms with Crippen molar-refractivity contribution in [3.8, 4) is 0 Å². The van der Waals surface area contributed by atoms with Gasteiger partial charge in [-0.25, -0.2) is 0 Å². The zero-order chi connectivity index (χ0) is 20.5. The van der Waals surface area contributed by atoms with E-state index in [4.69, 9.17) is 4.42 Å². The Morgan fingerprint density at radius 3 is 2.50 bits per heavy atom. The van der Waals surface area contributed by atoms with Crippen LogP contribution in [0.25, 0.3) is 0 Å². The van der Waals surface area contributed by atoms with Gasteiger partial charge in [-0.3, -0.25) is 14.4 Å². The van der Waals surface area contributed by atoms with E-state index in [0.29, 0.717) is 47.5 Å². The molecule has 2 aromatic rings. The fraction of sp³-hybridized carbons (Fsp3) is 0.409. The smallest absolute Gasteiger partial charge is 0.291 e. The summed E-state index contributed by atoms with van der Waals surface area (Å²) in [5, 5.41) is 5.60. The first-order valence-electron chi connectivity index (χ1n) is 9.57. The summed E-state index contributed by atoms with van der Waals surface area (Å²) in [6, 6.07) is 6.95. The number of carbonyl (C=O) groups is 3. The Morgan fingerprint density at radius 2 is 1.82 bits per heavy atom. The minimum atomic E-state index is -0.408. The molecule has 1 aliphatic carbocycles. The van der Waals surface area contributed by atoms with Crippen LogP contribution in [0, 0.1) is 12.3 Å². The summed E-state index contributed by atoms with van der Waals surface area (Å²) in [4.78, 5) is 37.0. The van der Waals surface area contributed by atoms with Crippen LogP contribution >= 0.6 is 0 Å². The van der Waals surface area contributed by atoms with Crippen molar-refractivity contribution < 1.29 is 18.8 Å². The Hall–Kier alpha value is -2.89. The zero-order valence-corrected chi connectivity index (χ0v) is 16.8. The fourth-order valence-corrected chi connectivity index (χ4v) is 3.61. The Labute approximate surface area is 164 Å². The summed E-state index contributed by atoms with van der Waals surface area (Å²) in [5.74, 6) is 0.296. The van der Waals surface area contributed by atoms with Gasteiger partial charge in [-0.05, 0) is 37.0 Å². The van der Waals surface area contributed by atoms with Crippen LogP contribution in [0.4, 0.5) is 11.4 Å². The fourth-order valence-electron chi connectivity index (χ4n) is 3.61. The number of nitrogens with one attached hydrogen (secondary N) is 2. The molecule has 28 heavy (non-hydrogen) atoms. The number of ketones is 1. The monoisotopic (exact) mass is 382 g/mol. The number of amides is 2. The van der Waals surface area contributed by atoms with E-state index in [-0.39, 0.29) is 22.9 Å². The molecule has 0 bridgehead atoms. The zero-order valence-electron chi connectivity index (χ0n) is 16.8. The summed E-state index contributed by atoms with van der Waals surface area (Å²) in [7, 11) is 0. The molecule has 2 amide bonds. The van der Waals surface area contributed by atoms with Crippen LogP contribution < -0.4 is 10.6 Å². The van der Waals surface area contributed by atoms with Gasteiger partial charge in [0.15, 0.2) is 11.5 Å². The largest absolute Gasteiger partial charge is 0.455 e. The molecule has 0 saturated carbocycles. The molecule has 3 rings (SSSR count). The summed E-state index contributed by atoms with van der Waals surface area (Å²) < 4.78 is 5.80. The van der Waals surface area contributed by atoms with Crippen molar-refractivity contribution in [1.29, 1.82) is 0 Å². The third-order valence-electron chi connectivity index (χ3n) is 4.86. The summed E-state index contributed by atoms with van der Waals surface area (Å²) >= 11 is 0. The molecule has 148 valence electrons. The molecule has 1 aliphatic rings. The number of rotatable bonds is 5. The first-order chi connectivity index (χ1) is 13.2. The normalized spacial score (nSPS) is 15.1. The van der Waals surface area contributed by atoms with E-state index in [9.17, 15) is 14.4 Å². The van der Waals surface area contributed by atoms with Crippen LogP contribution in [-0.2, 0) is 11.2 Å². The number of fused-ring (bicyclic) bond motifs is 1. The number of anilines is 2. The van der Waals surface area contributed by atoms with Crippen molar-refractivity contribution in [3.05, 3.63) is 46.9 Å². The maximum absolute atomic E-state index is 12.8. The summed E-state index contributed by atoms with van der Waals surface area (Å²) in [5.41, 5.74) is 2.11.